The minimum Gasteiger partial charge on any atom is -0.448 e. The van der Waals surface area contributed by atoms with Crippen molar-refractivity contribution in [1.82, 2.24) is 15.1 Å². The molecule has 0 aromatic heterocycles. The molecule has 0 spiro atoms. The zero-order valence-electron chi connectivity index (χ0n) is 17.4. The Labute approximate surface area is 180 Å². The average Bonchev–Trinajstić information content (AvgIpc) is 2.96. The molecule has 1 N–H and O–H groups in total. The van der Waals surface area contributed by atoms with E-state index >= 15 is 0 Å². The Bertz CT molecular complexity index is 872. The fourth-order valence-corrected chi connectivity index (χ4v) is 3.81. The molecule has 162 valence electrons. The van der Waals surface area contributed by atoms with E-state index in [1.807, 2.05) is 0 Å². The molecule has 30 heavy (non-hydrogen) atoms. The lowest BCUT2D eigenvalue weighted by Gasteiger charge is -2.32. The van der Waals surface area contributed by atoms with Crippen LogP contribution in [0.5, 0.6) is 0 Å². The number of nitrogens with zero attached hydrogens (tertiary/aromatic N) is 2. The number of rotatable bonds is 4. The number of piperidine rings is 1. The molecular formula is C21H26ClN3O5. The molecule has 0 bridgehead atoms. The van der Waals surface area contributed by atoms with Gasteiger partial charge in [0.1, 0.15) is 6.61 Å². The first-order chi connectivity index (χ1) is 14.1. The Morgan fingerprint density at radius 2 is 1.77 bits per heavy atom. The van der Waals surface area contributed by atoms with Crippen LogP contribution in [0.1, 0.15) is 64.7 Å². The number of fused-ring (bicyclic) bond motifs is 1. The summed E-state index contributed by atoms with van der Waals surface area (Å²) in [7, 11) is 0. The Hall–Kier alpha value is -2.61. The Balaban J connectivity index is 1.65. The number of amides is 4. The molecule has 9 heteroatoms. The zero-order chi connectivity index (χ0) is 22.1. The van der Waals surface area contributed by atoms with Crippen LogP contribution in [-0.4, -0.2) is 70.8 Å². The van der Waals surface area contributed by atoms with E-state index in [2.05, 4.69) is 5.32 Å². The van der Waals surface area contributed by atoms with Crippen molar-refractivity contribution >= 4 is 35.4 Å². The van der Waals surface area contributed by atoms with Crippen LogP contribution >= 0.6 is 11.6 Å². The van der Waals surface area contributed by atoms with Gasteiger partial charge in [0.15, 0.2) is 0 Å². The van der Waals surface area contributed by atoms with Crippen LogP contribution < -0.4 is 5.32 Å². The van der Waals surface area contributed by atoms with Crippen molar-refractivity contribution in [2.24, 2.45) is 0 Å². The summed E-state index contributed by atoms with van der Waals surface area (Å²) in [6.45, 7) is 6.48. The molecule has 2 aliphatic rings. The summed E-state index contributed by atoms with van der Waals surface area (Å²) < 4.78 is 4.91. The molecule has 8 nitrogen and oxygen atoms in total. The van der Waals surface area contributed by atoms with E-state index in [4.69, 9.17) is 16.3 Å². The van der Waals surface area contributed by atoms with Crippen LogP contribution in [0, 0.1) is 0 Å². The number of ether oxygens (including phenoxy) is 1. The number of hydrogen-bond donors (Lipinski definition) is 1. The SMILES string of the molecule is CC(C)(C)N1C(=O)c2ccc(C(=O)N3CCC(NC(=O)OCCCl)CC3)cc2C1=O. The predicted octanol–water partition coefficient (Wildman–Crippen LogP) is 2.65. The van der Waals surface area contributed by atoms with Crippen molar-refractivity contribution in [2.45, 2.75) is 45.2 Å². The number of likely N-dealkylation sites (tertiary alicyclic amines) is 1. The van der Waals surface area contributed by atoms with E-state index in [9.17, 15) is 19.2 Å². The maximum absolute atomic E-state index is 12.9. The first-order valence-electron chi connectivity index (χ1n) is 9.95. The highest BCUT2D eigenvalue weighted by atomic mass is 35.5. The summed E-state index contributed by atoms with van der Waals surface area (Å²) >= 11 is 5.49. The second-order valence-corrected chi connectivity index (χ2v) is 8.79. The average molecular weight is 436 g/mol. The summed E-state index contributed by atoms with van der Waals surface area (Å²) in [6, 6.07) is 4.58. The van der Waals surface area contributed by atoms with Crippen molar-refractivity contribution < 1.29 is 23.9 Å². The smallest absolute Gasteiger partial charge is 0.407 e. The van der Waals surface area contributed by atoms with Gasteiger partial charge in [-0.3, -0.25) is 19.3 Å². The van der Waals surface area contributed by atoms with E-state index in [0.29, 0.717) is 37.1 Å². The van der Waals surface area contributed by atoms with Crippen molar-refractivity contribution in [3.63, 3.8) is 0 Å². The van der Waals surface area contributed by atoms with Gasteiger partial charge in [-0.1, -0.05) is 0 Å². The van der Waals surface area contributed by atoms with Crippen molar-refractivity contribution in [1.29, 1.82) is 0 Å². The van der Waals surface area contributed by atoms with Crippen molar-refractivity contribution in [3.05, 3.63) is 34.9 Å². The van der Waals surface area contributed by atoms with Crippen LogP contribution in [0.15, 0.2) is 18.2 Å². The van der Waals surface area contributed by atoms with E-state index in [1.54, 1.807) is 37.8 Å². The fourth-order valence-electron chi connectivity index (χ4n) is 3.73. The van der Waals surface area contributed by atoms with Crippen LogP contribution in [-0.2, 0) is 4.74 Å². The molecule has 4 amide bonds. The molecule has 0 radical (unpaired) electrons. The van der Waals surface area contributed by atoms with Crippen molar-refractivity contribution in [3.8, 4) is 0 Å². The predicted molar refractivity (Wildman–Crippen MR) is 111 cm³/mol. The zero-order valence-corrected chi connectivity index (χ0v) is 18.1. The molecule has 2 aliphatic heterocycles. The molecule has 1 fully saturated rings. The number of halogens is 1. The summed E-state index contributed by atoms with van der Waals surface area (Å²) in [5.74, 6) is -0.677. The highest BCUT2D eigenvalue weighted by molar-refractivity contribution is 6.22. The molecule has 0 saturated carbocycles. The first kappa shape index (κ1) is 22.1. The Morgan fingerprint density at radius 3 is 2.37 bits per heavy atom. The third-order valence-electron chi connectivity index (χ3n) is 5.22. The van der Waals surface area contributed by atoms with Crippen LogP contribution in [0.3, 0.4) is 0 Å². The van der Waals surface area contributed by atoms with Gasteiger partial charge >= 0.3 is 6.09 Å². The number of alkyl halides is 1. The lowest BCUT2D eigenvalue weighted by atomic mass is 10.0. The largest absolute Gasteiger partial charge is 0.448 e. The Kier molecular flexibility index (Phi) is 6.36. The van der Waals surface area contributed by atoms with Gasteiger partial charge in [-0.05, 0) is 51.8 Å². The van der Waals surface area contributed by atoms with Crippen LogP contribution in [0.2, 0.25) is 0 Å². The standard InChI is InChI=1S/C21H26ClN3O5/c1-21(2,3)25-18(27)15-5-4-13(12-16(15)19(25)28)17(26)24-9-6-14(7-10-24)23-20(29)30-11-8-22/h4-5,12,14H,6-11H2,1-3H3,(H,23,29). The van der Waals surface area contributed by atoms with Crippen molar-refractivity contribution in [2.75, 3.05) is 25.6 Å². The normalized spacial score (nSPS) is 17.2. The summed E-state index contributed by atoms with van der Waals surface area (Å²) in [5, 5.41) is 2.77. The van der Waals surface area contributed by atoms with Gasteiger partial charge < -0.3 is 15.0 Å². The van der Waals surface area contributed by atoms with Gasteiger partial charge in [0.05, 0.1) is 17.0 Å². The quantitative estimate of drug-likeness (QED) is 0.579. The first-order valence-corrected chi connectivity index (χ1v) is 10.5. The third kappa shape index (κ3) is 4.43. The highest BCUT2D eigenvalue weighted by Gasteiger charge is 2.42. The molecule has 0 unspecified atom stereocenters. The number of nitrogens with one attached hydrogen (secondary N) is 1. The van der Waals surface area contributed by atoms with E-state index in [-0.39, 0.29) is 41.8 Å². The fraction of sp³-hybridized carbons (Fsp3) is 0.524. The molecule has 1 saturated heterocycles. The Morgan fingerprint density at radius 1 is 1.13 bits per heavy atom. The summed E-state index contributed by atoms with van der Waals surface area (Å²) in [5.41, 5.74) is 0.319. The number of imide groups is 1. The monoisotopic (exact) mass is 435 g/mol. The number of carbonyl (C=O) groups is 4. The lowest BCUT2D eigenvalue weighted by molar-refractivity contribution is 0.0507. The minimum absolute atomic E-state index is 0.0727. The van der Waals surface area contributed by atoms with E-state index < -0.39 is 11.6 Å². The molecule has 0 aliphatic carbocycles. The number of alkyl carbamates (subject to hydrolysis) is 1. The van der Waals surface area contributed by atoms with Gasteiger partial charge in [-0.2, -0.15) is 0 Å². The number of carbonyl (C=O) groups excluding carboxylic acids is 4. The van der Waals surface area contributed by atoms with Crippen LogP contribution in [0.25, 0.3) is 0 Å². The minimum atomic E-state index is -0.642. The second-order valence-electron chi connectivity index (χ2n) is 8.41. The highest BCUT2D eigenvalue weighted by Crippen LogP contribution is 2.30. The molecule has 2 heterocycles. The molecule has 3 rings (SSSR count). The maximum atomic E-state index is 12.9. The van der Waals surface area contributed by atoms with Gasteiger partial charge in [-0.25, -0.2) is 4.79 Å². The number of benzene rings is 1. The summed E-state index contributed by atoms with van der Waals surface area (Å²) in [6.07, 6.45) is 0.689. The van der Waals surface area contributed by atoms with E-state index in [0.717, 1.165) is 0 Å². The molecular weight excluding hydrogens is 410 g/mol. The third-order valence-corrected chi connectivity index (χ3v) is 5.37. The number of hydrogen-bond acceptors (Lipinski definition) is 5. The lowest BCUT2D eigenvalue weighted by Crippen LogP contribution is -2.46. The topological polar surface area (TPSA) is 96.0 Å². The van der Waals surface area contributed by atoms with Crippen LogP contribution in [0.4, 0.5) is 4.79 Å². The molecule has 0 atom stereocenters. The molecule has 1 aromatic carbocycles. The summed E-state index contributed by atoms with van der Waals surface area (Å²) in [4.78, 5) is 52.8. The maximum Gasteiger partial charge on any atom is 0.407 e. The van der Waals surface area contributed by atoms with Gasteiger partial charge in [0.25, 0.3) is 17.7 Å². The van der Waals surface area contributed by atoms with Gasteiger partial charge in [0.2, 0.25) is 0 Å². The molecule has 1 aromatic rings. The van der Waals surface area contributed by atoms with Gasteiger partial charge in [0, 0.05) is 30.2 Å². The van der Waals surface area contributed by atoms with Gasteiger partial charge in [-0.15, -0.1) is 11.6 Å². The second kappa shape index (κ2) is 8.63. The van der Waals surface area contributed by atoms with E-state index in [1.165, 1.54) is 11.0 Å².